The first kappa shape index (κ1) is 24.0. The summed E-state index contributed by atoms with van der Waals surface area (Å²) in [4.78, 5) is 30.5. The van der Waals surface area contributed by atoms with Gasteiger partial charge in [-0.3, -0.25) is 9.36 Å². The van der Waals surface area contributed by atoms with Gasteiger partial charge >= 0.3 is 11.9 Å². The zero-order valence-electron chi connectivity index (χ0n) is 17.7. The van der Waals surface area contributed by atoms with Crippen molar-refractivity contribution in [1.82, 2.24) is 9.13 Å². The molecular formula is C21H22ClF4N3O3. The molecule has 2 heterocycles. The Morgan fingerprint density at radius 2 is 1.91 bits per heavy atom. The molecule has 0 saturated heterocycles. The minimum absolute atomic E-state index is 0.0248. The monoisotopic (exact) mass is 475 g/mol. The Balaban J connectivity index is 2.06. The molecule has 6 nitrogen and oxygen atoms in total. The lowest BCUT2D eigenvalue weighted by Gasteiger charge is -2.21. The Labute approximate surface area is 186 Å². The molecule has 1 aliphatic rings. The zero-order chi connectivity index (χ0) is 23.8. The molecule has 3 rings (SSSR count). The third-order valence-electron chi connectivity index (χ3n) is 5.43. The van der Waals surface area contributed by atoms with Gasteiger partial charge in [-0.15, -0.1) is 0 Å². The number of nitrogens with zero attached hydrogens (tertiary/aromatic N) is 3. The molecule has 174 valence electrons. The topological polar surface area (TPSA) is 65.6 Å². The van der Waals surface area contributed by atoms with Crippen molar-refractivity contribution in [1.29, 1.82) is 0 Å². The predicted molar refractivity (Wildman–Crippen MR) is 112 cm³/mol. The second-order valence-electron chi connectivity index (χ2n) is 8.04. The fraction of sp³-hybridized carbons (Fsp3) is 0.476. The number of oxime groups is 1. The molecule has 0 spiro atoms. The van der Waals surface area contributed by atoms with Gasteiger partial charge in [-0.2, -0.15) is 13.2 Å². The van der Waals surface area contributed by atoms with Crippen molar-refractivity contribution in [2.75, 3.05) is 0 Å². The van der Waals surface area contributed by atoms with Crippen LogP contribution in [0.4, 0.5) is 17.6 Å². The van der Waals surface area contributed by atoms with Crippen molar-refractivity contribution in [2.24, 2.45) is 12.2 Å². The average molecular weight is 476 g/mol. The molecule has 0 bridgehead atoms. The highest BCUT2D eigenvalue weighted by Crippen LogP contribution is 2.34. The SMILES string of the molecule is CCCCCC1(C)CC(c2cc(-n3c(=O)cc(C(F)(F)F)n(C)c3=O)c(F)cc2Cl)=NO1. The lowest BCUT2D eigenvalue weighted by molar-refractivity contribution is -0.144. The van der Waals surface area contributed by atoms with Gasteiger partial charge in [-0.05, 0) is 31.9 Å². The minimum Gasteiger partial charge on any atom is -0.389 e. The molecule has 32 heavy (non-hydrogen) atoms. The van der Waals surface area contributed by atoms with Crippen LogP contribution in [0.1, 0.15) is 57.2 Å². The molecule has 0 amide bonds. The van der Waals surface area contributed by atoms with Crippen LogP contribution in [0.15, 0.2) is 32.9 Å². The molecule has 1 aliphatic heterocycles. The van der Waals surface area contributed by atoms with Crippen LogP contribution in [0, 0.1) is 5.82 Å². The maximum atomic E-state index is 14.7. The van der Waals surface area contributed by atoms with Crippen molar-refractivity contribution in [2.45, 2.75) is 57.7 Å². The highest BCUT2D eigenvalue weighted by molar-refractivity contribution is 6.34. The van der Waals surface area contributed by atoms with Crippen molar-refractivity contribution in [3.05, 3.63) is 61.1 Å². The first-order valence-corrected chi connectivity index (χ1v) is 10.4. The van der Waals surface area contributed by atoms with Crippen LogP contribution in [0.5, 0.6) is 0 Å². The van der Waals surface area contributed by atoms with Crippen molar-refractivity contribution < 1.29 is 22.4 Å². The standard InChI is InChI=1S/C21H22ClF4N3O3/c1-4-5-6-7-20(2)11-15(27-32-20)12-8-16(14(23)9-13(12)22)29-18(30)10-17(21(24,25)26)28(3)19(29)31/h8-10H,4-7,11H2,1-3H3. The first-order valence-electron chi connectivity index (χ1n) is 10.0. The predicted octanol–water partition coefficient (Wildman–Crippen LogP) is 4.81. The van der Waals surface area contributed by atoms with Crippen molar-refractivity contribution in [3.8, 4) is 5.69 Å². The van der Waals surface area contributed by atoms with Gasteiger partial charge in [-0.1, -0.05) is 36.5 Å². The number of alkyl halides is 3. The van der Waals surface area contributed by atoms with Crippen LogP contribution in [0.25, 0.3) is 5.69 Å². The van der Waals surface area contributed by atoms with Crippen molar-refractivity contribution in [3.63, 3.8) is 0 Å². The molecule has 0 radical (unpaired) electrons. The molecule has 1 aromatic heterocycles. The molecule has 0 fully saturated rings. The molecule has 11 heteroatoms. The summed E-state index contributed by atoms with van der Waals surface area (Å²) in [5.74, 6) is -1.04. The summed E-state index contributed by atoms with van der Waals surface area (Å²) in [6, 6.07) is 2.27. The number of hydrogen-bond acceptors (Lipinski definition) is 4. The smallest absolute Gasteiger partial charge is 0.389 e. The van der Waals surface area contributed by atoms with Gasteiger partial charge in [0, 0.05) is 25.1 Å². The van der Waals surface area contributed by atoms with Crippen LogP contribution >= 0.6 is 11.6 Å². The van der Waals surface area contributed by atoms with Gasteiger partial charge in [-0.25, -0.2) is 13.8 Å². The van der Waals surface area contributed by atoms with E-state index in [-0.39, 0.29) is 21.2 Å². The normalized spacial score (nSPS) is 18.6. The lowest BCUT2D eigenvalue weighted by Crippen LogP contribution is -2.41. The number of rotatable bonds is 6. The average Bonchev–Trinajstić information content (AvgIpc) is 3.07. The number of halogens is 5. The molecule has 0 N–H and O–H groups in total. The van der Waals surface area contributed by atoms with Crippen LogP contribution in [0.3, 0.4) is 0 Å². The Kier molecular flexibility index (Phi) is 6.55. The van der Waals surface area contributed by atoms with E-state index in [1.807, 2.05) is 6.92 Å². The lowest BCUT2D eigenvalue weighted by atomic mass is 9.90. The Morgan fingerprint density at radius 1 is 1.22 bits per heavy atom. The summed E-state index contributed by atoms with van der Waals surface area (Å²) in [6.07, 6.45) is -0.841. The van der Waals surface area contributed by atoms with Crippen molar-refractivity contribution >= 4 is 17.3 Å². The molecule has 1 atom stereocenters. The van der Waals surface area contributed by atoms with Gasteiger partial charge in [0.25, 0.3) is 5.56 Å². The van der Waals surface area contributed by atoms with E-state index in [1.165, 1.54) is 0 Å². The van der Waals surface area contributed by atoms with Gasteiger partial charge in [0.1, 0.15) is 17.1 Å². The highest BCUT2D eigenvalue weighted by Gasteiger charge is 2.37. The number of aromatic nitrogens is 2. The molecule has 0 aliphatic carbocycles. The van der Waals surface area contributed by atoms with Crippen LogP contribution in [-0.4, -0.2) is 20.4 Å². The van der Waals surface area contributed by atoms with E-state index >= 15 is 0 Å². The quantitative estimate of drug-likeness (QED) is 0.445. The number of hydrogen-bond donors (Lipinski definition) is 0. The molecule has 1 aromatic carbocycles. The third-order valence-corrected chi connectivity index (χ3v) is 5.74. The molecule has 0 saturated carbocycles. The fourth-order valence-corrected chi connectivity index (χ4v) is 3.92. The Morgan fingerprint density at radius 3 is 2.53 bits per heavy atom. The van der Waals surface area contributed by atoms with E-state index in [4.69, 9.17) is 16.4 Å². The maximum Gasteiger partial charge on any atom is 0.431 e. The van der Waals surface area contributed by atoms with Gasteiger partial charge in [0.15, 0.2) is 0 Å². The van der Waals surface area contributed by atoms with E-state index in [0.29, 0.717) is 16.7 Å². The van der Waals surface area contributed by atoms with E-state index < -0.39 is 40.2 Å². The first-order chi connectivity index (χ1) is 14.9. The molecule has 2 aromatic rings. The molecule has 1 unspecified atom stereocenters. The van der Waals surface area contributed by atoms with Crippen LogP contribution in [0.2, 0.25) is 5.02 Å². The zero-order valence-corrected chi connectivity index (χ0v) is 18.5. The minimum atomic E-state index is -4.92. The van der Waals surface area contributed by atoms with E-state index in [1.54, 1.807) is 0 Å². The van der Waals surface area contributed by atoms with Crippen LogP contribution in [-0.2, 0) is 18.1 Å². The number of unbranched alkanes of at least 4 members (excludes halogenated alkanes) is 2. The van der Waals surface area contributed by atoms with E-state index in [0.717, 1.165) is 44.9 Å². The summed E-state index contributed by atoms with van der Waals surface area (Å²) >= 11 is 6.19. The maximum absolute atomic E-state index is 14.7. The van der Waals surface area contributed by atoms with Gasteiger partial charge in [0.2, 0.25) is 0 Å². The second-order valence-corrected chi connectivity index (χ2v) is 8.45. The van der Waals surface area contributed by atoms with Crippen LogP contribution < -0.4 is 11.2 Å². The summed E-state index contributed by atoms with van der Waals surface area (Å²) in [7, 11) is 0.854. The third kappa shape index (κ3) is 4.60. The molecular weight excluding hydrogens is 454 g/mol. The largest absolute Gasteiger partial charge is 0.431 e. The summed E-state index contributed by atoms with van der Waals surface area (Å²) in [6.45, 7) is 3.96. The van der Waals surface area contributed by atoms with E-state index in [9.17, 15) is 27.2 Å². The highest BCUT2D eigenvalue weighted by atomic mass is 35.5. The second kappa shape index (κ2) is 8.73. The Bertz CT molecular complexity index is 1190. The summed E-state index contributed by atoms with van der Waals surface area (Å²) in [5, 5.41) is 4.04. The van der Waals surface area contributed by atoms with Gasteiger partial charge < -0.3 is 4.84 Å². The summed E-state index contributed by atoms with van der Waals surface area (Å²) in [5.41, 5.74) is -4.57. The van der Waals surface area contributed by atoms with Gasteiger partial charge in [0.05, 0.1) is 16.4 Å². The summed E-state index contributed by atoms with van der Waals surface area (Å²) < 4.78 is 54.6. The Hall–Kier alpha value is -2.62. The van der Waals surface area contributed by atoms with E-state index in [2.05, 4.69) is 12.1 Å². The number of benzene rings is 1. The fourth-order valence-electron chi connectivity index (χ4n) is 3.66.